The molecule has 0 amide bonds. The van der Waals surface area contributed by atoms with Gasteiger partial charge in [-0.15, -0.1) is 0 Å². The number of rotatable bonds is 0. The fourth-order valence-electron chi connectivity index (χ4n) is 1.32. The van der Waals surface area contributed by atoms with E-state index >= 15 is 0 Å². The molecule has 0 aliphatic carbocycles. The van der Waals surface area contributed by atoms with Crippen LogP contribution < -0.4 is 5.43 Å². The van der Waals surface area contributed by atoms with Gasteiger partial charge < -0.3 is 4.98 Å². The summed E-state index contributed by atoms with van der Waals surface area (Å²) >= 11 is 5.55. The van der Waals surface area contributed by atoms with Crippen LogP contribution in [0.25, 0.3) is 10.9 Å². The molecule has 2 rings (SSSR count). The average Bonchev–Trinajstić information content (AvgIpc) is 2.24. The molecule has 74 valence electrons. The number of H-pyrrole nitrogens is 1. The molecule has 1 N–H and O–H groups in total. The fraction of sp³-hybridized carbons (Fsp3) is 0. The average molecular weight is 223 g/mol. The highest BCUT2D eigenvalue weighted by atomic mass is 35.5. The number of halogens is 2. The Bertz CT molecular complexity index is 642. The van der Waals surface area contributed by atoms with E-state index in [1.165, 1.54) is 18.3 Å². The zero-order valence-electron chi connectivity index (χ0n) is 7.34. The number of aromatic amines is 1. The predicted molar refractivity (Wildman–Crippen MR) is 54.3 cm³/mol. The number of hydrogen-bond acceptors (Lipinski definition) is 2. The van der Waals surface area contributed by atoms with Gasteiger partial charge in [-0.2, -0.15) is 5.26 Å². The lowest BCUT2D eigenvalue weighted by Gasteiger charge is -2.00. The SMILES string of the molecule is N#Cc1c[nH]c2c(F)c(Cl)ccc2c1=O. The Hall–Kier alpha value is -1.86. The monoisotopic (exact) mass is 222 g/mol. The highest BCUT2D eigenvalue weighted by Gasteiger charge is 2.10. The van der Waals surface area contributed by atoms with Gasteiger partial charge in [0.1, 0.15) is 11.6 Å². The summed E-state index contributed by atoms with van der Waals surface area (Å²) in [5.74, 6) is -0.684. The van der Waals surface area contributed by atoms with Crippen LogP contribution in [0, 0.1) is 17.1 Å². The summed E-state index contributed by atoms with van der Waals surface area (Å²) in [4.78, 5) is 14.1. The third kappa shape index (κ3) is 1.37. The molecule has 0 saturated heterocycles. The minimum Gasteiger partial charge on any atom is -0.357 e. The van der Waals surface area contributed by atoms with Crippen LogP contribution in [0.5, 0.6) is 0 Å². The van der Waals surface area contributed by atoms with Crippen molar-refractivity contribution in [2.75, 3.05) is 0 Å². The minimum absolute atomic E-state index is 0.0199. The van der Waals surface area contributed by atoms with E-state index in [1.807, 2.05) is 0 Å². The highest BCUT2D eigenvalue weighted by Crippen LogP contribution is 2.20. The second kappa shape index (κ2) is 3.37. The molecule has 15 heavy (non-hydrogen) atoms. The molecule has 0 atom stereocenters. The minimum atomic E-state index is -0.684. The van der Waals surface area contributed by atoms with Gasteiger partial charge in [0.25, 0.3) is 0 Å². The van der Waals surface area contributed by atoms with E-state index < -0.39 is 11.2 Å². The first-order valence-electron chi connectivity index (χ1n) is 4.04. The molecule has 0 bridgehead atoms. The van der Waals surface area contributed by atoms with E-state index in [4.69, 9.17) is 16.9 Å². The smallest absolute Gasteiger partial charge is 0.207 e. The summed E-state index contributed by atoms with van der Waals surface area (Å²) in [6.07, 6.45) is 1.17. The number of benzene rings is 1. The largest absolute Gasteiger partial charge is 0.357 e. The normalized spacial score (nSPS) is 10.2. The van der Waals surface area contributed by atoms with Gasteiger partial charge in [-0.05, 0) is 12.1 Å². The van der Waals surface area contributed by atoms with E-state index in [2.05, 4.69) is 4.98 Å². The molecule has 5 heteroatoms. The molecule has 1 aromatic heterocycles. The summed E-state index contributed by atoms with van der Waals surface area (Å²) < 4.78 is 13.4. The predicted octanol–water partition coefficient (Wildman–Crippen LogP) is 2.19. The van der Waals surface area contributed by atoms with Crippen molar-refractivity contribution in [3.63, 3.8) is 0 Å². The van der Waals surface area contributed by atoms with E-state index in [0.717, 1.165) is 0 Å². The third-order valence-corrected chi connectivity index (χ3v) is 2.36. The van der Waals surface area contributed by atoms with Crippen LogP contribution in [0.3, 0.4) is 0 Å². The summed E-state index contributed by atoms with van der Waals surface area (Å²) in [7, 11) is 0. The van der Waals surface area contributed by atoms with Gasteiger partial charge in [0.05, 0.1) is 10.5 Å². The molecule has 1 heterocycles. The molecular weight excluding hydrogens is 219 g/mol. The Labute approximate surface area is 88.7 Å². The lowest BCUT2D eigenvalue weighted by Crippen LogP contribution is -2.07. The van der Waals surface area contributed by atoms with Crippen LogP contribution in [0.1, 0.15) is 5.56 Å². The van der Waals surface area contributed by atoms with Gasteiger partial charge in [0, 0.05) is 11.6 Å². The maximum Gasteiger partial charge on any atom is 0.207 e. The maximum absolute atomic E-state index is 13.4. The fourth-order valence-corrected chi connectivity index (χ4v) is 1.48. The first kappa shape index (κ1) is 9.69. The van der Waals surface area contributed by atoms with E-state index in [1.54, 1.807) is 6.07 Å². The molecule has 0 unspecified atom stereocenters. The standard InChI is InChI=1S/C10H4ClFN2O/c11-7-2-1-6-9(8(7)12)14-4-5(3-13)10(6)15/h1-2,4H,(H,14,15). The van der Waals surface area contributed by atoms with Crippen molar-refractivity contribution in [3.05, 3.63) is 45.0 Å². The van der Waals surface area contributed by atoms with Gasteiger partial charge in [0.2, 0.25) is 5.43 Å². The Balaban J connectivity index is 3.00. The summed E-state index contributed by atoms with van der Waals surface area (Å²) in [5.41, 5.74) is -0.530. The van der Waals surface area contributed by atoms with E-state index in [9.17, 15) is 9.18 Å². The second-order valence-electron chi connectivity index (χ2n) is 2.93. The lowest BCUT2D eigenvalue weighted by atomic mass is 10.1. The van der Waals surface area contributed by atoms with Crippen molar-refractivity contribution in [1.82, 2.24) is 4.98 Å². The Morgan fingerprint density at radius 1 is 1.47 bits per heavy atom. The Morgan fingerprint density at radius 3 is 2.87 bits per heavy atom. The lowest BCUT2D eigenvalue weighted by molar-refractivity contribution is 0.637. The number of pyridine rings is 1. The number of nitrogens with zero attached hydrogens (tertiary/aromatic N) is 1. The first-order valence-corrected chi connectivity index (χ1v) is 4.42. The van der Waals surface area contributed by atoms with Crippen molar-refractivity contribution >= 4 is 22.5 Å². The molecule has 0 aliphatic heterocycles. The molecule has 0 spiro atoms. The number of hydrogen-bond donors (Lipinski definition) is 1. The van der Waals surface area contributed by atoms with Crippen LogP contribution in [-0.2, 0) is 0 Å². The molecule has 3 nitrogen and oxygen atoms in total. The third-order valence-electron chi connectivity index (χ3n) is 2.07. The topological polar surface area (TPSA) is 56.6 Å². The van der Waals surface area contributed by atoms with Crippen LogP contribution in [-0.4, -0.2) is 4.98 Å². The van der Waals surface area contributed by atoms with Crippen LogP contribution in [0.2, 0.25) is 5.02 Å². The number of nitriles is 1. The number of fused-ring (bicyclic) bond motifs is 1. The summed E-state index contributed by atoms with van der Waals surface area (Å²) in [6, 6.07) is 4.40. The van der Waals surface area contributed by atoms with Crippen molar-refractivity contribution in [2.24, 2.45) is 0 Å². The van der Waals surface area contributed by atoms with Crippen LogP contribution >= 0.6 is 11.6 Å². The van der Waals surface area contributed by atoms with Gasteiger partial charge in [-0.3, -0.25) is 4.79 Å². The zero-order chi connectivity index (χ0) is 11.0. The van der Waals surface area contributed by atoms with Gasteiger partial charge in [-0.25, -0.2) is 4.39 Å². The molecule has 0 fully saturated rings. The highest BCUT2D eigenvalue weighted by molar-refractivity contribution is 6.31. The van der Waals surface area contributed by atoms with E-state index in [-0.39, 0.29) is 21.5 Å². The quantitative estimate of drug-likeness (QED) is 0.743. The summed E-state index contributed by atoms with van der Waals surface area (Å²) in [5, 5.41) is 8.67. The Kier molecular flexibility index (Phi) is 2.18. The van der Waals surface area contributed by atoms with Crippen molar-refractivity contribution in [1.29, 1.82) is 5.26 Å². The molecule has 0 saturated carbocycles. The van der Waals surface area contributed by atoms with E-state index in [0.29, 0.717) is 0 Å². The first-order chi connectivity index (χ1) is 7.15. The molecule has 1 aromatic carbocycles. The second-order valence-corrected chi connectivity index (χ2v) is 3.33. The molecule has 2 aromatic rings. The van der Waals surface area contributed by atoms with Crippen LogP contribution in [0.15, 0.2) is 23.1 Å². The van der Waals surface area contributed by atoms with Crippen molar-refractivity contribution in [2.45, 2.75) is 0 Å². The van der Waals surface area contributed by atoms with Gasteiger partial charge in [0.15, 0.2) is 5.82 Å². The zero-order valence-corrected chi connectivity index (χ0v) is 8.10. The number of aromatic nitrogens is 1. The Morgan fingerprint density at radius 2 is 2.20 bits per heavy atom. The van der Waals surface area contributed by atoms with Gasteiger partial charge >= 0.3 is 0 Å². The van der Waals surface area contributed by atoms with Crippen LogP contribution in [0.4, 0.5) is 4.39 Å². The maximum atomic E-state index is 13.4. The number of nitrogens with one attached hydrogen (secondary N) is 1. The van der Waals surface area contributed by atoms with Gasteiger partial charge in [-0.1, -0.05) is 11.6 Å². The summed E-state index contributed by atoms with van der Waals surface area (Å²) in [6.45, 7) is 0. The van der Waals surface area contributed by atoms with Crippen molar-refractivity contribution < 1.29 is 4.39 Å². The molecule has 0 radical (unpaired) electrons. The molecule has 0 aliphatic rings. The van der Waals surface area contributed by atoms with Crippen molar-refractivity contribution in [3.8, 4) is 6.07 Å². The molecular formula is C10H4ClFN2O.